The van der Waals surface area contributed by atoms with Crippen LogP contribution in [-0.4, -0.2) is 6.71 Å². The van der Waals surface area contributed by atoms with Crippen LogP contribution in [0.1, 0.15) is 90.1 Å². The first-order valence-electron chi connectivity index (χ1n) is 21.1. The highest BCUT2D eigenvalue weighted by Crippen LogP contribution is 2.49. The molecule has 4 heterocycles. The molecule has 10 rings (SSSR count). The zero-order chi connectivity index (χ0) is 41.3. The van der Waals surface area contributed by atoms with Crippen LogP contribution in [0.3, 0.4) is 0 Å². The number of fused-ring (bicyclic) bond motifs is 7. The van der Waals surface area contributed by atoms with Gasteiger partial charge in [-0.3, -0.25) is 4.90 Å². The Hall–Kier alpha value is -5.94. The third-order valence-corrected chi connectivity index (χ3v) is 12.8. The number of aryl methyl sites for hydroxylation is 2. The van der Waals surface area contributed by atoms with E-state index in [9.17, 15) is 0 Å². The second-order valence-electron chi connectivity index (χ2n) is 20.0. The fourth-order valence-corrected chi connectivity index (χ4v) is 9.67. The number of hydrogen-bond acceptors (Lipinski definition) is 4. The van der Waals surface area contributed by atoms with Crippen molar-refractivity contribution in [3.05, 3.63) is 149 Å². The van der Waals surface area contributed by atoms with Crippen LogP contribution < -0.4 is 26.2 Å². The van der Waals surface area contributed by atoms with Gasteiger partial charge in [-0.05, 0) is 135 Å². The average Bonchev–Trinajstić information content (AvgIpc) is 3.79. The minimum atomic E-state index is -0.0523. The molecule has 0 spiro atoms. The number of anilines is 6. The molecule has 2 aliphatic heterocycles. The fraction of sp³-hybridized carbons (Fsp3) is 0.259. The lowest BCUT2D eigenvalue weighted by Crippen LogP contribution is -2.61. The highest BCUT2D eigenvalue weighted by molar-refractivity contribution is 7.01. The van der Waals surface area contributed by atoms with Crippen molar-refractivity contribution in [2.75, 3.05) is 9.80 Å². The molecule has 8 aromatic rings. The molecule has 294 valence electrons. The molecular weight excluding hydrogens is 719 g/mol. The molecule has 59 heavy (non-hydrogen) atoms. The van der Waals surface area contributed by atoms with Crippen molar-refractivity contribution in [3.8, 4) is 11.1 Å². The van der Waals surface area contributed by atoms with Crippen molar-refractivity contribution in [1.82, 2.24) is 0 Å². The molecule has 0 bridgehead atoms. The maximum absolute atomic E-state index is 7.21. The molecule has 0 radical (unpaired) electrons. The maximum atomic E-state index is 7.21. The number of benzene rings is 6. The summed E-state index contributed by atoms with van der Waals surface area (Å²) in [5.74, 6) is 0.892. The number of hydrogen-bond donors (Lipinski definition) is 0. The highest BCUT2D eigenvalue weighted by atomic mass is 16.4. The van der Waals surface area contributed by atoms with Gasteiger partial charge in [0.15, 0.2) is 0 Å². The van der Waals surface area contributed by atoms with Gasteiger partial charge in [-0.1, -0.05) is 117 Å². The summed E-state index contributed by atoms with van der Waals surface area (Å²) < 4.78 is 13.2. The van der Waals surface area contributed by atoms with Gasteiger partial charge < -0.3 is 13.7 Å². The quantitative estimate of drug-likeness (QED) is 0.167. The second kappa shape index (κ2) is 12.8. The molecule has 0 amide bonds. The van der Waals surface area contributed by atoms with Gasteiger partial charge in [0.25, 0.3) is 6.71 Å². The zero-order valence-electron chi connectivity index (χ0n) is 36.3. The molecule has 0 aliphatic carbocycles. The van der Waals surface area contributed by atoms with E-state index in [4.69, 9.17) is 8.83 Å². The predicted octanol–water partition coefficient (Wildman–Crippen LogP) is 13.4. The first kappa shape index (κ1) is 37.3. The van der Waals surface area contributed by atoms with Crippen molar-refractivity contribution in [1.29, 1.82) is 0 Å². The van der Waals surface area contributed by atoms with Gasteiger partial charge in [0, 0.05) is 44.5 Å². The van der Waals surface area contributed by atoms with E-state index in [0.29, 0.717) is 0 Å². The molecule has 4 nitrogen and oxygen atoms in total. The maximum Gasteiger partial charge on any atom is 0.257 e. The first-order chi connectivity index (χ1) is 28.0. The number of nitrogens with zero attached hydrogens (tertiary/aromatic N) is 2. The molecule has 0 fully saturated rings. The lowest BCUT2D eigenvalue weighted by molar-refractivity contribution is 0.589. The average molecular weight is 773 g/mol. The Morgan fingerprint density at radius 1 is 0.508 bits per heavy atom. The normalized spacial score (nSPS) is 13.9. The van der Waals surface area contributed by atoms with Crippen LogP contribution in [0.25, 0.3) is 33.1 Å². The van der Waals surface area contributed by atoms with Crippen molar-refractivity contribution >= 4 is 79.4 Å². The topological polar surface area (TPSA) is 32.8 Å². The van der Waals surface area contributed by atoms with Crippen LogP contribution in [0.4, 0.5) is 34.3 Å². The van der Waals surface area contributed by atoms with Crippen LogP contribution in [0.2, 0.25) is 0 Å². The molecule has 0 saturated heterocycles. The van der Waals surface area contributed by atoms with E-state index < -0.39 is 0 Å². The van der Waals surface area contributed by atoms with E-state index in [1.165, 1.54) is 61.0 Å². The zero-order valence-corrected chi connectivity index (χ0v) is 36.3. The molecule has 0 unspecified atom stereocenters. The minimum Gasteiger partial charge on any atom is -0.464 e. The van der Waals surface area contributed by atoms with Gasteiger partial charge in [-0.2, -0.15) is 0 Å². The summed E-state index contributed by atoms with van der Waals surface area (Å²) >= 11 is 0. The molecule has 2 aromatic heterocycles. The fourth-order valence-electron chi connectivity index (χ4n) is 9.67. The van der Waals surface area contributed by atoms with Gasteiger partial charge in [0.2, 0.25) is 5.88 Å². The van der Waals surface area contributed by atoms with Crippen LogP contribution >= 0.6 is 0 Å². The SMILES string of the molecule is Cc1cc(-c2coc3ccccc23)cc(C)c1N1c2cccc3c2B(c2cc(C(C)(C)C)ccc2N3c2ccc(C(C)(C)C)cc2)c2c1oc1ccc(C(C)(C)C)cc21. The van der Waals surface area contributed by atoms with E-state index in [2.05, 4.69) is 189 Å². The summed E-state index contributed by atoms with van der Waals surface area (Å²) in [7, 11) is 0. The first-order valence-corrected chi connectivity index (χ1v) is 21.1. The van der Waals surface area contributed by atoms with E-state index in [1.807, 2.05) is 18.4 Å². The third-order valence-electron chi connectivity index (χ3n) is 12.8. The minimum absolute atomic E-state index is 0.0318. The molecule has 0 atom stereocenters. The van der Waals surface area contributed by atoms with Gasteiger partial charge in [-0.15, -0.1) is 0 Å². The third kappa shape index (κ3) is 5.80. The van der Waals surface area contributed by atoms with Gasteiger partial charge in [-0.25, -0.2) is 0 Å². The Balaban J connectivity index is 1.28. The Bertz CT molecular complexity index is 2960. The number of rotatable bonds is 3. The molecule has 6 aromatic carbocycles. The smallest absolute Gasteiger partial charge is 0.257 e. The lowest BCUT2D eigenvalue weighted by Gasteiger charge is -2.43. The largest absolute Gasteiger partial charge is 0.464 e. The molecular formula is C54H53BN2O2. The van der Waals surface area contributed by atoms with E-state index >= 15 is 0 Å². The summed E-state index contributed by atoms with van der Waals surface area (Å²) in [5.41, 5.74) is 20.0. The van der Waals surface area contributed by atoms with E-state index in [-0.39, 0.29) is 23.0 Å². The van der Waals surface area contributed by atoms with E-state index in [1.54, 1.807) is 0 Å². The van der Waals surface area contributed by atoms with Gasteiger partial charge in [0.05, 0.1) is 12.0 Å². The van der Waals surface area contributed by atoms with Crippen molar-refractivity contribution < 1.29 is 8.83 Å². The summed E-state index contributed by atoms with van der Waals surface area (Å²) in [5, 5.41) is 2.30. The Labute approximate surface area is 349 Å². The van der Waals surface area contributed by atoms with Crippen molar-refractivity contribution in [2.45, 2.75) is 92.4 Å². The van der Waals surface area contributed by atoms with Crippen molar-refractivity contribution in [2.24, 2.45) is 0 Å². The summed E-state index contributed by atoms with van der Waals surface area (Å²) in [6, 6.07) is 43.0. The summed E-state index contributed by atoms with van der Waals surface area (Å²) in [6.07, 6.45) is 1.90. The standard InChI is InChI=1S/C54H53BN2O2/c1-32-27-34(41-31-58-46-18-13-12-15-39(41)46)28-33(2)50(32)57-45-17-14-16-44-49(45)55(48-40-29-36(53(6,7)8)22-26-47(40)59-51(48)57)42-30-37(54(9,10)11)21-25-43(42)56(44)38-23-19-35(20-24-38)52(3,4)5/h12-31H,1-11H3. The van der Waals surface area contributed by atoms with Gasteiger partial charge >= 0.3 is 0 Å². The molecule has 0 N–H and O–H groups in total. The Morgan fingerprint density at radius 3 is 1.80 bits per heavy atom. The monoisotopic (exact) mass is 772 g/mol. The highest BCUT2D eigenvalue weighted by Gasteiger charge is 2.47. The van der Waals surface area contributed by atoms with Crippen LogP contribution in [0.15, 0.2) is 130 Å². The second-order valence-corrected chi connectivity index (χ2v) is 20.0. The lowest BCUT2D eigenvalue weighted by atomic mass is 9.33. The molecule has 2 aliphatic rings. The predicted molar refractivity (Wildman–Crippen MR) is 251 cm³/mol. The Kier molecular flexibility index (Phi) is 8.09. The van der Waals surface area contributed by atoms with Crippen molar-refractivity contribution in [3.63, 3.8) is 0 Å². The Morgan fingerprint density at radius 2 is 1.12 bits per heavy atom. The summed E-state index contributed by atoms with van der Waals surface area (Å²) in [4.78, 5) is 4.94. The van der Waals surface area contributed by atoms with E-state index in [0.717, 1.165) is 50.6 Å². The number of para-hydroxylation sites is 1. The summed E-state index contributed by atoms with van der Waals surface area (Å²) in [6.45, 7) is 25.1. The number of furan rings is 2. The van der Waals surface area contributed by atoms with Crippen LogP contribution in [0.5, 0.6) is 0 Å². The van der Waals surface area contributed by atoms with Crippen LogP contribution in [0, 0.1) is 13.8 Å². The molecule has 5 heteroatoms. The van der Waals surface area contributed by atoms with Crippen LogP contribution in [-0.2, 0) is 16.2 Å². The van der Waals surface area contributed by atoms with Gasteiger partial charge in [0.1, 0.15) is 11.2 Å². The molecule has 0 saturated carbocycles.